The molecule has 5 nitrogen and oxygen atoms in total. The van der Waals surface area contributed by atoms with Crippen LogP contribution in [0.3, 0.4) is 0 Å². The predicted molar refractivity (Wildman–Crippen MR) is 76.6 cm³/mol. The summed E-state index contributed by atoms with van der Waals surface area (Å²) in [5, 5.41) is 6.53. The second kappa shape index (κ2) is 5.16. The highest BCUT2D eigenvalue weighted by Gasteiger charge is 2.17. The Kier molecular flexibility index (Phi) is 3.20. The van der Waals surface area contributed by atoms with Crippen LogP contribution in [0.4, 0.5) is 22.9 Å². The van der Waals surface area contributed by atoms with Crippen molar-refractivity contribution in [3.63, 3.8) is 0 Å². The normalized spacial score (nSPS) is 14.7. The van der Waals surface area contributed by atoms with Crippen LogP contribution < -0.4 is 16.4 Å². The number of aromatic nitrogens is 1. The number of nitrogen functional groups attached to an aromatic ring is 1. The minimum atomic E-state index is 0.385. The van der Waals surface area contributed by atoms with Crippen LogP contribution in [-0.2, 0) is 4.74 Å². The van der Waals surface area contributed by atoms with Gasteiger partial charge in [0.15, 0.2) is 0 Å². The standard InChI is InChI=1S/C14H16N4O/c15-12-3-1-2-4-13(12)17-10-5-6-14(16-7-10)18-11-8-19-9-11/h1-7,11,17H,8-9,15H2,(H,16,18). The summed E-state index contributed by atoms with van der Waals surface area (Å²) in [4.78, 5) is 4.36. The van der Waals surface area contributed by atoms with Gasteiger partial charge in [-0.05, 0) is 24.3 Å². The maximum atomic E-state index is 5.88. The predicted octanol–water partition coefficient (Wildman–Crippen LogP) is 2.22. The molecule has 2 aromatic rings. The molecule has 0 bridgehead atoms. The summed E-state index contributed by atoms with van der Waals surface area (Å²) in [6.07, 6.45) is 1.79. The molecule has 0 radical (unpaired) electrons. The number of anilines is 4. The monoisotopic (exact) mass is 256 g/mol. The molecule has 1 aliphatic heterocycles. The van der Waals surface area contributed by atoms with Crippen molar-refractivity contribution in [2.24, 2.45) is 0 Å². The molecular weight excluding hydrogens is 240 g/mol. The van der Waals surface area contributed by atoms with Gasteiger partial charge < -0.3 is 21.1 Å². The van der Waals surface area contributed by atoms with Gasteiger partial charge in [-0.1, -0.05) is 12.1 Å². The highest BCUT2D eigenvalue weighted by atomic mass is 16.5. The fourth-order valence-electron chi connectivity index (χ4n) is 1.85. The zero-order chi connectivity index (χ0) is 13.1. The van der Waals surface area contributed by atoms with Crippen LogP contribution >= 0.6 is 0 Å². The lowest BCUT2D eigenvalue weighted by Gasteiger charge is -2.27. The van der Waals surface area contributed by atoms with Gasteiger partial charge in [0.25, 0.3) is 0 Å². The Bertz CT molecular complexity index is 552. The molecule has 1 aromatic carbocycles. The molecule has 5 heteroatoms. The Morgan fingerprint density at radius 2 is 2.00 bits per heavy atom. The van der Waals surface area contributed by atoms with Crippen molar-refractivity contribution < 1.29 is 4.74 Å². The number of nitrogens with two attached hydrogens (primary N) is 1. The topological polar surface area (TPSA) is 72.2 Å². The molecule has 0 aliphatic carbocycles. The van der Waals surface area contributed by atoms with Gasteiger partial charge in [0.05, 0.1) is 42.5 Å². The largest absolute Gasteiger partial charge is 0.397 e. The van der Waals surface area contributed by atoms with Gasteiger partial charge in [0, 0.05) is 0 Å². The first-order valence-electron chi connectivity index (χ1n) is 6.23. The molecule has 4 N–H and O–H groups in total. The lowest BCUT2D eigenvalue weighted by molar-refractivity contribution is 0.0209. The van der Waals surface area contributed by atoms with E-state index in [0.29, 0.717) is 6.04 Å². The van der Waals surface area contributed by atoms with Gasteiger partial charge in [0.1, 0.15) is 5.82 Å². The average Bonchev–Trinajstić information content (AvgIpc) is 2.38. The number of pyridine rings is 1. The van der Waals surface area contributed by atoms with E-state index in [0.717, 1.165) is 36.1 Å². The molecular formula is C14H16N4O. The first-order valence-corrected chi connectivity index (χ1v) is 6.23. The molecule has 1 saturated heterocycles. The SMILES string of the molecule is Nc1ccccc1Nc1ccc(NC2COC2)nc1. The highest BCUT2D eigenvalue weighted by molar-refractivity contribution is 5.72. The van der Waals surface area contributed by atoms with Crippen LogP contribution in [0.2, 0.25) is 0 Å². The zero-order valence-corrected chi connectivity index (χ0v) is 10.5. The van der Waals surface area contributed by atoms with Gasteiger partial charge in [-0.15, -0.1) is 0 Å². The fraction of sp³-hybridized carbons (Fsp3) is 0.214. The maximum absolute atomic E-state index is 5.88. The van der Waals surface area contributed by atoms with Gasteiger partial charge in [0.2, 0.25) is 0 Å². The number of nitrogens with one attached hydrogen (secondary N) is 2. The second-order valence-electron chi connectivity index (χ2n) is 4.52. The molecule has 3 rings (SSSR count). The van der Waals surface area contributed by atoms with E-state index in [1.165, 1.54) is 0 Å². The summed E-state index contributed by atoms with van der Waals surface area (Å²) in [5.41, 5.74) is 8.40. The number of benzene rings is 1. The van der Waals surface area contributed by atoms with Gasteiger partial charge >= 0.3 is 0 Å². The lowest BCUT2D eigenvalue weighted by atomic mass is 10.2. The van der Waals surface area contributed by atoms with Crippen molar-refractivity contribution in [3.8, 4) is 0 Å². The Labute approximate surface area is 111 Å². The molecule has 0 saturated carbocycles. The van der Waals surface area contributed by atoms with Crippen LogP contribution in [0.15, 0.2) is 42.6 Å². The summed E-state index contributed by atoms with van der Waals surface area (Å²) in [7, 11) is 0. The molecule has 0 amide bonds. The summed E-state index contributed by atoms with van der Waals surface area (Å²) in [5.74, 6) is 0.861. The minimum absolute atomic E-state index is 0.385. The van der Waals surface area contributed by atoms with E-state index in [1.807, 2.05) is 36.4 Å². The molecule has 0 spiro atoms. The summed E-state index contributed by atoms with van der Waals surface area (Å²) in [6, 6.07) is 12.0. The summed E-state index contributed by atoms with van der Waals surface area (Å²) >= 11 is 0. The van der Waals surface area contributed by atoms with Crippen molar-refractivity contribution in [2.45, 2.75) is 6.04 Å². The number of ether oxygens (including phenoxy) is 1. The van der Waals surface area contributed by atoms with Gasteiger partial charge in [-0.2, -0.15) is 0 Å². The fourth-order valence-corrected chi connectivity index (χ4v) is 1.85. The van der Waals surface area contributed by atoms with Crippen molar-refractivity contribution in [1.82, 2.24) is 4.98 Å². The molecule has 19 heavy (non-hydrogen) atoms. The van der Waals surface area contributed by atoms with Gasteiger partial charge in [-0.25, -0.2) is 4.98 Å². The number of hydrogen-bond donors (Lipinski definition) is 3. The van der Waals surface area contributed by atoms with E-state index in [2.05, 4.69) is 15.6 Å². The van der Waals surface area contributed by atoms with E-state index in [4.69, 9.17) is 10.5 Å². The number of para-hydroxylation sites is 2. The van der Waals surface area contributed by atoms with Crippen LogP contribution in [0.25, 0.3) is 0 Å². The molecule has 2 heterocycles. The van der Waals surface area contributed by atoms with E-state index in [-0.39, 0.29) is 0 Å². The molecule has 98 valence electrons. The van der Waals surface area contributed by atoms with Crippen LogP contribution in [-0.4, -0.2) is 24.2 Å². The lowest BCUT2D eigenvalue weighted by Crippen LogP contribution is -2.40. The van der Waals surface area contributed by atoms with Crippen LogP contribution in [0, 0.1) is 0 Å². The Morgan fingerprint density at radius 1 is 1.16 bits per heavy atom. The minimum Gasteiger partial charge on any atom is -0.397 e. The van der Waals surface area contributed by atoms with Crippen molar-refractivity contribution in [2.75, 3.05) is 29.6 Å². The summed E-state index contributed by atoms with van der Waals surface area (Å²) < 4.78 is 5.11. The zero-order valence-electron chi connectivity index (χ0n) is 10.5. The number of nitrogens with zero attached hydrogens (tertiary/aromatic N) is 1. The number of rotatable bonds is 4. The van der Waals surface area contributed by atoms with Crippen molar-refractivity contribution >= 4 is 22.9 Å². The van der Waals surface area contributed by atoms with Gasteiger partial charge in [-0.3, -0.25) is 0 Å². The van der Waals surface area contributed by atoms with Crippen molar-refractivity contribution in [3.05, 3.63) is 42.6 Å². The first-order chi connectivity index (χ1) is 9.31. The molecule has 0 unspecified atom stereocenters. The molecule has 0 atom stereocenters. The molecule has 1 aliphatic rings. The Balaban J connectivity index is 1.67. The third-order valence-electron chi connectivity index (χ3n) is 2.99. The Morgan fingerprint density at radius 3 is 2.63 bits per heavy atom. The smallest absolute Gasteiger partial charge is 0.126 e. The third-order valence-corrected chi connectivity index (χ3v) is 2.99. The highest BCUT2D eigenvalue weighted by Crippen LogP contribution is 2.22. The molecule has 1 aromatic heterocycles. The number of hydrogen-bond acceptors (Lipinski definition) is 5. The van der Waals surface area contributed by atoms with E-state index < -0.39 is 0 Å². The van der Waals surface area contributed by atoms with E-state index >= 15 is 0 Å². The van der Waals surface area contributed by atoms with Crippen molar-refractivity contribution in [1.29, 1.82) is 0 Å². The maximum Gasteiger partial charge on any atom is 0.126 e. The third kappa shape index (κ3) is 2.77. The quantitative estimate of drug-likeness (QED) is 0.732. The van der Waals surface area contributed by atoms with E-state index in [9.17, 15) is 0 Å². The van der Waals surface area contributed by atoms with Crippen LogP contribution in [0.5, 0.6) is 0 Å². The van der Waals surface area contributed by atoms with E-state index in [1.54, 1.807) is 6.20 Å². The van der Waals surface area contributed by atoms with Crippen LogP contribution in [0.1, 0.15) is 0 Å². The second-order valence-corrected chi connectivity index (χ2v) is 4.52. The summed E-state index contributed by atoms with van der Waals surface area (Å²) in [6.45, 7) is 1.50. The molecule has 1 fully saturated rings. The Hall–Kier alpha value is -2.27. The average molecular weight is 256 g/mol. The first kappa shape index (κ1) is 11.8.